The van der Waals surface area contributed by atoms with Crippen LogP contribution in [0.2, 0.25) is 0 Å². The van der Waals surface area contributed by atoms with Gasteiger partial charge in [0.25, 0.3) is 0 Å². The number of anilines is 1. The van der Waals surface area contributed by atoms with Crippen LogP contribution in [0.4, 0.5) is 5.69 Å². The number of halogens is 1. The first kappa shape index (κ1) is 22.1. The maximum atomic E-state index is 12.5. The molecule has 0 aliphatic rings. The molecule has 0 spiro atoms. The van der Waals surface area contributed by atoms with Crippen molar-refractivity contribution in [1.82, 2.24) is 14.5 Å². The molecule has 8 heteroatoms. The van der Waals surface area contributed by atoms with E-state index in [4.69, 9.17) is 0 Å². The van der Waals surface area contributed by atoms with Crippen molar-refractivity contribution in [3.8, 4) is 5.69 Å². The number of hydrogen-bond acceptors (Lipinski definition) is 4. The Morgan fingerprint density at radius 2 is 1.80 bits per heavy atom. The molecule has 1 heterocycles. The summed E-state index contributed by atoms with van der Waals surface area (Å²) in [6, 6.07) is 13.7. The number of carbonyl (C=O) groups excluding carboxylic acids is 2. The highest BCUT2D eigenvalue weighted by atomic mass is 79.9. The predicted molar refractivity (Wildman–Crippen MR) is 124 cm³/mol. The fraction of sp³-hybridized carbons (Fsp3) is 0.227. The quantitative estimate of drug-likeness (QED) is 0.501. The van der Waals surface area contributed by atoms with Gasteiger partial charge in [-0.2, -0.15) is 0 Å². The van der Waals surface area contributed by atoms with E-state index in [9.17, 15) is 9.59 Å². The van der Waals surface area contributed by atoms with Crippen LogP contribution in [0, 0.1) is 13.8 Å². The minimum absolute atomic E-state index is 0.00563. The third-order valence-corrected chi connectivity index (χ3v) is 6.07. The number of aromatic nitrogens is 2. The van der Waals surface area contributed by atoms with Gasteiger partial charge in [-0.3, -0.25) is 14.2 Å². The van der Waals surface area contributed by atoms with Crippen molar-refractivity contribution in [1.29, 1.82) is 0 Å². The zero-order valence-electron chi connectivity index (χ0n) is 17.1. The molecule has 0 saturated heterocycles. The standard InChI is InChI=1S/C22H23BrN4O2S/c1-15-5-4-6-16(2)21(15)25-19(28)13-26(3)20(29)14-30-22-24-11-12-27(22)18-9-7-17(23)8-10-18/h4-12H,13-14H2,1-3H3,(H,25,28). The molecule has 0 atom stereocenters. The van der Waals surface area contributed by atoms with Crippen molar-refractivity contribution in [2.45, 2.75) is 19.0 Å². The highest BCUT2D eigenvalue weighted by molar-refractivity contribution is 9.10. The van der Waals surface area contributed by atoms with Gasteiger partial charge in [0.15, 0.2) is 5.16 Å². The summed E-state index contributed by atoms with van der Waals surface area (Å²) in [6.45, 7) is 3.89. The summed E-state index contributed by atoms with van der Waals surface area (Å²) >= 11 is 4.77. The van der Waals surface area contributed by atoms with Gasteiger partial charge in [0.2, 0.25) is 11.8 Å². The number of benzene rings is 2. The molecule has 6 nitrogen and oxygen atoms in total. The number of hydrogen-bond donors (Lipinski definition) is 1. The monoisotopic (exact) mass is 486 g/mol. The van der Waals surface area contributed by atoms with Gasteiger partial charge in [-0.05, 0) is 49.2 Å². The summed E-state index contributed by atoms with van der Waals surface area (Å²) in [6.07, 6.45) is 3.56. The molecule has 3 rings (SSSR count). The Kier molecular flexibility index (Phi) is 7.33. The van der Waals surface area contributed by atoms with E-state index in [1.807, 2.05) is 67.1 Å². The van der Waals surface area contributed by atoms with Crippen molar-refractivity contribution >= 4 is 45.2 Å². The molecule has 0 radical (unpaired) electrons. The van der Waals surface area contributed by atoms with Crippen LogP contribution in [0.1, 0.15) is 11.1 Å². The third-order valence-electron chi connectivity index (χ3n) is 4.59. The molecule has 156 valence electrons. The fourth-order valence-corrected chi connectivity index (χ4v) is 4.10. The van der Waals surface area contributed by atoms with Crippen molar-refractivity contribution in [2.24, 2.45) is 0 Å². The van der Waals surface area contributed by atoms with Gasteiger partial charge < -0.3 is 10.2 Å². The highest BCUT2D eigenvalue weighted by Gasteiger charge is 2.16. The largest absolute Gasteiger partial charge is 0.336 e. The SMILES string of the molecule is Cc1cccc(C)c1NC(=O)CN(C)C(=O)CSc1nccn1-c1ccc(Br)cc1. The van der Waals surface area contributed by atoms with Crippen LogP contribution >= 0.6 is 27.7 Å². The van der Waals surface area contributed by atoms with Gasteiger partial charge >= 0.3 is 0 Å². The summed E-state index contributed by atoms with van der Waals surface area (Å²) in [5.41, 5.74) is 3.75. The van der Waals surface area contributed by atoms with E-state index < -0.39 is 0 Å². The topological polar surface area (TPSA) is 67.2 Å². The molecule has 3 aromatic rings. The van der Waals surface area contributed by atoms with Crippen LogP contribution in [0.5, 0.6) is 0 Å². The van der Waals surface area contributed by atoms with Crippen LogP contribution in [0.25, 0.3) is 5.69 Å². The molecule has 2 amide bonds. The van der Waals surface area contributed by atoms with Gasteiger partial charge in [0, 0.05) is 35.3 Å². The molecule has 0 bridgehead atoms. The van der Waals surface area contributed by atoms with Gasteiger partial charge in [-0.15, -0.1) is 0 Å². The molecular weight excluding hydrogens is 464 g/mol. The third kappa shape index (κ3) is 5.52. The van der Waals surface area contributed by atoms with Crippen molar-refractivity contribution in [3.05, 3.63) is 70.5 Å². The van der Waals surface area contributed by atoms with Crippen LogP contribution in [-0.2, 0) is 9.59 Å². The zero-order valence-corrected chi connectivity index (χ0v) is 19.5. The first-order valence-electron chi connectivity index (χ1n) is 9.37. The maximum absolute atomic E-state index is 12.5. The van der Waals surface area contributed by atoms with Gasteiger partial charge in [-0.25, -0.2) is 4.98 Å². The van der Waals surface area contributed by atoms with E-state index in [0.717, 1.165) is 32.1 Å². The lowest BCUT2D eigenvalue weighted by Crippen LogP contribution is -2.36. The molecule has 2 aromatic carbocycles. The smallest absolute Gasteiger partial charge is 0.243 e. The molecular formula is C22H23BrN4O2S. The van der Waals surface area contributed by atoms with Gasteiger partial charge in [0.1, 0.15) is 0 Å². The minimum atomic E-state index is -0.218. The second kappa shape index (κ2) is 9.95. The number of thioether (sulfide) groups is 1. The summed E-state index contributed by atoms with van der Waals surface area (Å²) in [5, 5.41) is 3.63. The van der Waals surface area contributed by atoms with Crippen LogP contribution in [-0.4, -0.2) is 45.6 Å². The van der Waals surface area contributed by atoms with Crippen molar-refractivity contribution in [2.75, 3.05) is 24.7 Å². The molecule has 0 unspecified atom stereocenters. The van der Waals surface area contributed by atoms with Gasteiger partial charge in [-0.1, -0.05) is 45.9 Å². The predicted octanol–water partition coefficient (Wildman–Crippen LogP) is 4.44. The Labute approximate surface area is 188 Å². The normalized spacial score (nSPS) is 10.7. The number of likely N-dealkylation sites (N-methyl/N-ethyl adjacent to an activating group) is 1. The second-order valence-electron chi connectivity index (χ2n) is 6.91. The number of rotatable bonds is 7. The summed E-state index contributed by atoms with van der Waals surface area (Å²) in [5.74, 6) is -0.160. The summed E-state index contributed by atoms with van der Waals surface area (Å²) in [4.78, 5) is 30.7. The first-order valence-corrected chi connectivity index (χ1v) is 11.1. The number of carbonyl (C=O) groups is 2. The molecule has 1 N–H and O–H groups in total. The first-order chi connectivity index (χ1) is 14.3. The number of imidazole rings is 1. The average Bonchev–Trinajstić information content (AvgIpc) is 3.18. The molecule has 30 heavy (non-hydrogen) atoms. The Morgan fingerprint density at radius 3 is 2.47 bits per heavy atom. The Morgan fingerprint density at radius 1 is 1.13 bits per heavy atom. The average molecular weight is 487 g/mol. The van der Waals surface area contributed by atoms with Crippen molar-refractivity contribution in [3.63, 3.8) is 0 Å². The summed E-state index contributed by atoms with van der Waals surface area (Å²) in [7, 11) is 1.63. The molecule has 0 saturated carbocycles. The van der Waals surface area contributed by atoms with Crippen LogP contribution in [0.3, 0.4) is 0 Å². The second-order valence-corrected chi connectivity index (χ2v) is 8.77. The molecule has 1 aromatic heterocycles. The minimum Gasteiger partial charge on any atom is -0.336 e. The van der Waals surface area contributed by atoms with E-state index >= 15 is 0 Å². The lowest BCUT2D eigenvalue weighted by atomic mass is 10.1. The maximum Gasteiger partial charge on any atom is 0.243 e. The Balaban J connectivity index is 1.56. The number of nitrogens with zero attached hydrogens (tertiary/aromatic N) is 3. The lowest BCUT2D eigenvalue weighted by molar-refractivity contribution is -0.131. The summed E-state index contributed by atoms with van der Waals surface area (Å²) < 4.78 is 2.93. The molecule has 0 aliphatic heterocycles. The number of amides is 2. The zero-order chi connectivity index (χ0) is 21.7. The molecule has 0 aliphatic carbocycles. The number of nitrogens with one attached hydrogen (secondary N) is 1. The highest BCUT2D eigenvalue weighted by Crippen LogP contribution is 2.22. The van der Waals surface area contributed by atoms with Crippen molar-refractivity contribution < 1.29 is 9.59 Å². The number of aryl methyl sites for hydroxylation is 2. The Bertz CT molecular complexity index is 1030. The van der Waals surface area contributed by atoms with Gasteiger partial charge in [0.05, 0.1) is 12.3 Å². The number of para-hydroxylation sites is 1. The fourth-order valence-electron chi connectivity index (χ4n) is 2.93. The van der Waals surface area contributed by atoms with E-state index in [2.05, 4.69) is 26.2 Å². The van der Waals surface area contributed by atoms with E-state index in [0.29, 0.717) is 0 Å². The van der Waals surface area contributed by atoms with Crippen LogP contribution in [0.15, 0.2) is 64.5 Å². The lowest BCUT2D eigenvalue weighted by Gasteiger charge is -2.18. The van der Waals surface area contributed by atoms with Crippen LogP contribution < -0.4 is 5.32 Å². The van der Waals surface area contributed by atoms with E-state index in [1.165, 1.54) is 16.7 Å². The van der Waals surface area contributed by atoms with E-state index in [1.54, 1.807) is 13.2 Å². The Hall–Kier alpha value is -2.58. The molecule has 0 fully saturated rings. The van der Waals surface area contributed by atoms with E-state index in [-0.39, 0.29) is 24.1 Å².